The number of benzene rings is 2. The van der Waals surface area contributed by atoms with E-state index in [1.54, 1.807) is 18.2 Å². The minimum Gasteiger partial charge on any atom is -0.356 e. The van der Waals surface area contributed by atoms with Gasteiger partial charge in [-0.2, -0.15) is 0 Å². The monoisotopic (exact) mass is 497 g/mol. The van der Waals surface area contributed by atoms with E-state index < -0.39 is 0 Å². The molecule has 1 unspecified atom stereocenters. The molecule has 3 amide bonds. The normalized spacial score (nSPS) is 18.7. The van der Waals surface area contributed by atoms with Gasteiger partial charge in [-0.3, -0.25) is 24.2 Å². The van der Waals surface area contributed by atoms with Gasteiger partial charge in [0.05, 0.1) is 11.1 Å². The zero-order chi connectivity index (χ0) is 22.5. The Morgan fingerprint density at radius 3 is 2.66 bits per heavy atom. The molecule has 2 aromatic rings. The summed E-state index contributed by atoms with van der Waals surface area (Å²) in [5.41, 5.74) is 2.17. The lowest BCUT2D eigenvalue weighted by Crippen LogP contribution is -2.40. The molecule has 32 heavy (non-hydrogen) atoms. The number of hydrogen-bond donors (Lipinski definition) is 1. The maximum atomic E-state index is 12.5. The van der Waals surface area contributed by atoms with Gasteiger partial charge in [0.2, 0.25) is 5.91 Å². The molecule has 168 valence electrons. The standard InChI is InChI=1S/C25H28BrN3O3/c26-20-10-11-21-22(14-20)25(32)29(24(21)31)13-5-9-23(30)27-15-19-8-4-12-28(17-19)16-18-6-2-1-3-7-18/h1-3,6-7,10-11,14,19H,4-5,8-9,12-13,15-17H2,(H,27,30). The third kappa shape index (κ3) is 5.45. The number of carbonyl (C=O) groups is 3. The van der Waals surface area contributed by atoms with E-state index >= 15 is 0 Å². The second-order valence-corrected chi connectivity index (χ2v) is 9.50. The van der Waals surface area contributed by atoms with Crippen molar-refractivity contribution >= 4 is 33.7 Å². The van der Waals surface area contributed by atoms with E-state index in [2.05, 4.69) is 50.4 Å². The van der Waals surface area contributed by atoms with Gasteiger partial charge in [-0.15, -0.1) is 0 Å². The molecule has 2 heterocycles. The highest BCUT2D eigenvalue weighted by Gasteiger charge is 2.35. The van der Waals surface area contributed by atoms with Crippen LogP contribution in [0.15, 0.2) is 53.0 Å². The molecule has 2 aliphatic heterocycles. The van der Waals surface area contributed by atoms with Gasteiger partial charge >= 0.3 is 0 Å². The molecule has 1 N–H and O–H groups in total. The van der Waals surface area contributed by atoms with Crippen molar-refractivity contribution in [2.45, 2.75) is 32.2 Å². The van der Waals surface area contributed by atoms with Crippen LogP contribution in [0.25, 0.3) is 0 Å². The summed E-state index contributed by atoms with van der Waals surface area (Å²) in [7, 11) is 0. The van der Waals surface area contributed by atoms with Crippen molar-refractivity contribution in [1.82, 2.24) is 15.1 Å². The third-order valence-electron chi connectivity index (χ3n) is 6.16. The van der Waals surface area contributed by atoms with Gasteiger partial charge < -0.3 is 5.32 Å². The molecule has 2 aliphatic rings. The van der Waals surface area contributed by atoms with Crippen LogP contribution < -0.4 is 5.32 Å². The van der Waals surface area contributed by atoms with Gasteiger partial charge in [-0.05, 0) is 55.5 Å². The first kappa shape index (κ1) is 22.7. The van der Waals surface area contributed by atoms with Gasteiger partial charge in [0, 0.05) is 37.1 Å². The average Bonchev–Trinajstić information content (AvgIpc) is 3.03. The summed E-state index contributed by atoms with van der Waals surface area (Å²) < 4.78 is 0.767. The largest absolute Gasteiger partial charge is 0.356 e. The van der Waals surface area contributed by atoms with Crippen LogP contribution in [0.3, 0.4) is 0 Å². The lowest BCUT2D eigenvalue weighted by molar-refractivity contribution is -0.121. The molecule has 0 spiro atoms. The summed E-state index contributed by atoms with van der Waals surface area (Å²) >= 11 is 3.34. The molecule has 1 atom stereocenters. The molecule has 1 saturated heterocycles. The Labute approximate surface area is 197 Å². The molecule has 0 bridgehead atoms. The molecular weight excluding hydrogens is 470 g/mol. The van der Waals surface area contributed by atoms with Crippen molar-refractivity contribution in [3.8, 4) is 0 Å². The number of nitrogens with one attached hydrogen (secondary N) is 1. The fourth-order valence-electron chi connectivity index (χ4n) is 4.51. The lowest BCUT2D eigenvalue weighted by atomic mass is 9.97. The Morgan fingerprint density at radius 1 is 1.06 bits per heavy atom. The molecule has 0 aliphatic carbocycles. The van der Waals surface area contributed by atoms with Crippen LogP contribution in [-0.4, -0.2) is 53.7 Å². The van der Waals surface area contributed by atoms with Gasteiger partial charge in [0.15, 0.2) is 0 Å². The first-order valence-corrected chi connectivity index (χ1v) is 12.0. The fourth-order valence-corrected chi connectivity index (χ4v) is 4.87. The highest BCUT2D eigenvalue weighted by Crippen LogP contribution is 2.26. The van der Waals surface area contributed by atoms with Crippen molar-refractivity contribution in [3.63, 3.8) is 0 Å². The van der Waals surface area contributed by atoms with E-state index in [9.17, 15) is 14.4 Å². The Bertz CT molecular complexity index is 995. The minimum atomic E-state index is -0.285. The molecule has 1 fully saturated rings. The van der Waals surface area contributed by atoms with Gasteiger partial charge in [-0.1, -0.05) is 46.3 Å². The zero-order valence-corrected chi connectivity index (χ0v) is 19.6. The van der Waals surface area contributed by atoms with Crippen molar-refractivity contribution in [2.75, 3.05) is 26.2 Å². The van der Waals surface area contributed by atoms with Crippen LogP contribution >= 0.6 is 15.9 Å². The second kappa shape index (κ2) is 10.4. The minimum absolute atomic E-state index is 0.0236. The number of rotatable bonds is 8. The molecule has 6 nitrogen and oxygen atoms in total. The number of amides is 3. The van der Waals surface area contributed by atoms with Crippen LogP contribution in [-0.2, 0) is 11.3 Å². The number of hydrogen-bond acceptors (Lipinski definition) is 4. The molecule has 0 radical (unpaired) electrons. The quantitative estimate of drug-likeness (QED) is 0.562. The van der Waals surface area contributed by atoms with Crippen LogP contribution in [0.1, 0.15) is 52.0 Å². The highest BCUT2D eigenvalue weighted by molar-refractivity contribution is 9.10. The van der Waals surface area contributed by atoms with Crippen molar-refractivity contribution in [3.05, 3.63) is 69.7 Å². The Kier molecular flexibility index (Phi) is 7.37. The summed E-state index contributed by atoms with van der Waals surface area (Å²) in [6, 6.07) is 15.6. The number of carbonyl (C=O) groups excluding carboxylic acids is 3. The van der Waals surface area contributed by atoms with E-state index in [0.29, 0.717) is 36.4 Å². The van der Waals surface area contributed by atoms with Gasteiger partial charge in [-0.25, -0.2) is 0 Å². The van der Waals surface area contributed by atoms with E-state index in [-0.39, 0.29) is 24.3 Å². The molecule has 4 rings (SSSR count). The highest BCUT2D eigenvalue weighted by atomic mass is 79.9. The lowest BCUT2D eigenvalue weighted by Gasteiger charge is -2.32. The topological polar surface area (TPSA) is 69.7 Å². The fraction of sp³-hybridized carbons (Fsp3) is 0.400. The number of piperidine rings is 1. The van der Waals surface area contributed by atoms with Gasteiger partial charge in [0.1, 0.15) is 0 Å². The summed E-state index contributed by atoms with van der Waals surface area (Å²) in [5.74, 6) is -0.137. The number of nitrogens with zero attached hydrogens (tertiary/aromatic N) is 2. The Balaban J connectivity index is 1.18. The van der Waals surface area contributed by atoms with E-state index in [1.165, 1.54) is 10.5 Å². The van der Waals surface area contributed by atoms with Crippen LogP contribution in [0, 0.1) is 5.92 Å². The molecule has 0 saturated carbocycles. The molecule has 7 heteroatoms. The maximum Gasteiger partial charge on any atom is 0.261 e. The summed E-state index contributed by atoms with van der Waals surface area (Å²) in [5, 5.41) is 3.05. The Morgan fingerprint density at radius 2 is 1.84 bits per heavy atom. The predicted octanol–water partition coefficient (Wildman–Crippen LogP) is 3.85. The second-order valence-electron chi connectivity index (χ2n) is 8.59. The summed E-state index contributed by atoms with van der Waals surface area (Å²) in [4.78, 5) is 41.0. The molecule has 2 aromatic carbocycles. The predicted molar refractivity (Wildman–Crippen MR) is 126 cm³/mol. The van der Waals surface area contributed by atoms with Crippen LogP contribution in [0.2, 0.25) is 0 Å². The maximum absolute atomic E-state index is 12.5. The smallest absolute Gasteiger partial charge is 0.261 e. The van der Waals surface area contributed by atoms with E-state index in [1.807, 2.05) is 6.07 Å². The first-order valence-electron chi connectivity index (χ1n) is 11.2. The number of imide groups is 1. The van der Waals surface area contributed by atoms with Crippen molar-refractivity contribution < 1.29 is 14.4 Å². The summed E-state index contributed by atoms with van der Waals surface area (Å²) in [6.07, 6.45) is 3.03. The third-order valence-corrected chi connectivity index (χ3v) is 6.65. The van der Waals surface area contributed by atoms with Crippen LogP contribution in [0.5, 0.6) is 0 Å². The van der Waals surface area contributed by atoms with E-state index in [0.717, 1.165) is 36.9 Å². The van der Waals surface area contributed by atoms with Gasteiger partial charge in [0.25, 0.3) is 11.8 Å². The molecule has 0 aromatic heterocycles. The van der Waals surface area contributed by atoms with Crippen molar-refractivity contribution in [2.24, 2.45) is 5.92 Å². The number of halogens is 1. The molecular formula is C25H28BrN3O3. The van der Waals surface area contributed by atoms with Crippen molar-refractivity contribution in [1.29, 1.82) is 0 Å². The summed E-state index contributed by atoms with van der Waals surface area (Å²) in [6.45, 7) is 3.95. The first-order chi connectivity index (χ1) is 15.5. The zero-order valence-electron chi connectivity index (χ0n) is 18.1. The number of likely N-dealkylation sites (tertiary alicyclic amines) is 1. The number of fused-ring (bicyclic) bond motifs is 1. The van der Waals surface area contributed by atoms with E-state index in [4.69, 9.17) is 0 Å². The van der Waals surface area contributed by atoms with Crippen LogP contribution in [0.4, 0.5) is 0 Å². The average molecular weight is 498 g/mol. The Hall–Kier alpha value is -2.51. The SMILES string of the molecule is O=C(CCCN1C(=O)c2ccc(Br)cc2C1=O)NCC1CCCN(Cc2ccccc2)C1.